The maximum atomic E-state index is 12.6. The van der Waals surface area contributed by atoms with Crippen LogP contribution in [0.1, 0.15) is 12.0 Å². The second-order valence-corrected chi connectivity index (χ2v) is 6.76. The normalized spacial score (nSPS) is 17.7. The van der Waals surface area contributed by atoms with E-state index in [2.05, 4.69) is 52.7 Å². The summed E-state index contributed by atoms with van der Waals surface area (Å²) in [6, 6.07) is 24.7. The van der Waals surface area contributed by atoms with E-state index in [0.29, 0.717) is 0 Å². The van der Waals surface area contributed by atoms with Gasteiger partial charge in [0.05, 0.1) is 5.92 Å². The first kappa shape index (κ1) is 15.9. The van der Waals surface area contributed by atoms with Crippen LogP contribution >= 0.6 is 0 Å². The molecule has 0 radical (unpaired) electrons. The van der Waals surface area contributed by atoms with E-state index < -0.39 is 0 Å². The minimum atomic E-state index is 0.0650. The summed E-state index contributed by atoms with van der Waals surface area (Å²) in [5.74, 6) is 0.195. The molecule has 1 atom stereocenters. The number of nitrogens with zero attached hydrogens (tertiary/aromatic N) is 1. The quantitative estimate of drug-likeness (QED) is 0.773. The number of carbonyl (C=O) groups excluding carboxylic acids is 1. The lowest BCUT2D eigenvalue weighted by Crippen LogP contribution is -2.26. The zero-order valence-electron chi connectivity index (χ0n) is 14.2. The molecular weight excluding hydrogens is 308 g/mol. The molecule has 0 saturated carbocycles. The van der Waals surface area contributed by atoms with E-state index in [4.69, 9.17) is 0 Å². The van der Waals surface area contributed by atoms with Crippen LogP contribution in [0, 0.1) is 5.92 Å². The molecule has 1 saturated heterocycles. The summed E-state index contributed by atoms with van der Waals surface area (Å²) < 4.78 is 0. The molecule has 25 heavy (non-hydrogen) atoms. The van der Waals surface area contributed by atoms with E-state index in [1.165, 1.54) is 10.9 Å². The minimum Gasteiger partial charge on any atom is -0.326 e. The third-order valence-corrected chi connectivity index (χ3v) is 4.91. The number of amides is 1. The van der Waals surface area contributed by atoms with Gasteiger partial charge in [-0.05, 0) is 41.4 Å². The maximum absolute atomic E-state index is 12.6. The Hall–Kier alpha value is -2.65. The highest BCUT2D eigenvalue weighted by atomic mass is 16.1. The molecule has 1 heterocycles. The standard InChI is InChI=1S/C22H22N2O/c25-22(23-21-11-10-18-8-4-5-9-19(18)14-21)20-12-13-24(16-20)15-17-6-2-1-3-7-17/h1-11,14,20H,12-13,15-16H2,(H,23,25). The Kier molecular flexibility index (Phi) is 4.49. The molecule has 3 heteroatoms. The second kappa shape index (κ2) is 7.08. The number of nitrogens with one attached hydrogen (secondary N) is 1. The lowest BCUT2D eigenvalue weighted by molar-refractivity contribution is -0.119. The van der Waals surface area contributed by atoms with Crippen molar-refractivity contribution in [2.75, 3.05) is 18.4 Å². The lowest BCUT2D eigenvalue weighted by Gasteiger charge is -2.16. The van der Waals surface area contributed by atoms with Crippen LogP contribution in [-0.2, 0) is 11.3 Å². The number of fused-ring (bicyclic) bond motifs is 1. The Labute approximate surface area is 148 Å². The summed E-state index contributed by atoms with van der Waals surface area (Å²) in [6.45, 7) is 2.72. The van der Waals surface area contributed by atoms with E-state index in [0.717, 1.165) is 37.1 Å². The molecular formula is C22H22N2O. The highest BCUT2D eigenvalue weighted by Gasteiger charge is 2.28. The summed E-state index contributed by atoms with van der Waals surface area (Å²) >= 11 is 0. The third-order valence-electron chi connectivity index (χ3n) is 4.91. The Balaban J connectivity index is 1.38. The van der Waals surface area contributed by atoms with Gasteiger partial charge in [-0.3, -0.25) is 9.69 Å². The number of hydrogen-bond donors (Lipinski definition) is 1. The third kappa shape index (κ3) is 3.72. The molecule has 126 valence electrons. The van der Waals surface area contributed by atoms with Crippen molar-refractivity contribution >= 4 is 22.4 Å². The zero-order chi connectivity index (χ0) is 17.1. The first-order valence-electron chi connectivity index (χ1n) is 8.84. The molecule has 3 nitrogen and oxygen atoms in total. The van der Waals surface area contributed by atoms with Crippen LogP contribution in [0.2, 0.25) is 0 Å². The summed E-state index contributed by atoms with van der Waals surface area (Å²) in [4.78, 5) is 15.0. The molecule has 1 aliphatic rings. The predicted octanol–water partition coefficient (Wildman–Crippen LogP) is 4.30. The van der Waals surface area contributed by atoms with E-state index >= 15 is 0 Å². The van der Waals surface area contributed by atoms with Crippen molar-refractivity contribution < 1.29 is 4.79 Å². The van der Waals surface area contributed by atoms with Crippen molar-refractivity contribution in [2.24, 2.45) is 5.92 Å². The summed E-state index contributed by atoms with van der Waals surface area (Å²) in [5, 5.41) is 5.44. The molecule has 1 amide bonds. The largest absolute Gasteiger partial charge is 0.326 e. The molecule has 0 aromatic heterocycles. The lowest BCUT2D eigenvalue weighted by atomic mass is 10.1. The number of anilines is 1. The molecule has 0 bridgehead atoms. The zero-order valence-corrected chi connectivity index (χ0v) is 14.2. The molecule has 1 aliphatic heterocycles. The second-order valence-electron chi connectivity index (χ2n) is 6.76. The highest BCUT2D eigenvalue weighted by molar-refractivity contribution is 5.95. The smallest absolute Gasteiger partial charge is 0.228 e. The first-order valence-corrected chi connectivity index (χ1v) is 8.84. The van der Waals surface area contributed by atoms with Crippen LogP contribution in [0.5, 0.6) is 0 Å². The van der Waals surface area contributed by atoms with Crippen molar-refractivity contribution in [1.29, 1.82) is 0 Å². The molecule has 0 aliphatic carbocycles. The van der Waals surface area contributed by atoms with Gasteiger partial charge in [0.25, 0.3) is 0 Å². The number of carbonyl (C=O) groups is 1. The van der Waals surface area contributed by atoms with Crippen LogP contribution < -0.4 is 5.32 Å². The number of likely N-dealkylation sites (tertiary alicyclic amines) is 1. The van der Waals surface area contributed by atoms with Gasteiger partial charge in [0.1, 0.15) is 0 Å². The fourth-order valence-electron chi connectivity index (χ4n) is 3.54. The van der Waals surface area contributed by atoms with Gasteiger partial charge in [0, 0.05) is 18.8 Å². The molecule has 1 N–H and O–H groups in total. The van der Waals surface area contributed by atoms with Crippen LogP contribution in [-0.4, -0.2) is 23.9 Å². The van der Waals surface area contributed by atoms with Crippen molar-refractivity contribution in [3.05, 3.63) is 78.4 Å². The monoisotopic (exact) mass is 330 g/mol. The van der Waals surface area contributed by atoms with Gasteiger partial charge in [-0.25, -0.2) is 0 Å². The maximum Gasteiger partial charge on any atom is 0.228 e. The number of hydrogen-bond acceptors (Lipinski definition) is 2. The SMILES string of the molecule is O=C(Nc1ccc2ccccc2c1)C1CCN(Cc2ccccc2)C1. The van der Waals surface area contributed by atoms with Crippen molar-refractivity contribution in [2.45, 2.75) is 13.0 Å². The van der Waals surface area contributed by atoms with Gasteiger partial charge < -0.3 is 5.32 Å². The Morgan fingerprint density at radius 2 is 1.72 bits per heavy atom. The predicted molar refractivity (Wildman–Crippen MR) is 102 cm³/mol. The van der Waals surface area contributed by atoms with Crippen LogP contribution in [0.25, 0.3) is 10.8 Å². The Morgan fingerprint density at radius 3 is 2.56 bits per heavy atom. The van der Waals surface area contributed by atoms with Gasteiger partial charge in [-0.15, -0.1) is 0 Å². The molecule has 0 spiro atoms. The van der Waals surface area contributed by atoms with E-state index in [1.54, 1.807) is 0 Å². The van der Waals surface area contributed by atoms with Crippen LogP contribution in [0.4, 0.5) is 5.69 Å². The van der Waals surface area contributed by atoms with Crippen molar-refractivity contribution in [1.82, 2.24) is 4.90 Å². The average molecular weight is 330 g/mol. The topological polar surface area (TPSA) is 32.3 Å². The Bertz CT molecular complexity index is 875. The van der Waals surface area contributed by atoms with Gasteiger partial charge in [-0.1, -0.05) is 60.7 Å². The molecule has 4 rings (SSSR count). The Morgan fingerprint density at radius 1 is 0.960 bits per heavy atom. The molecule has 3 aromatic rings. The van der Waals surface area contributed by atoms with Crippen LogP contribution in [0.3, 0.4) is 0 Å². The van der Waals surface area contributed by atoms with E-state index in [9.17, 15) is 4.79 Å². The van der Waals surface area contributed by atoms with Gasteiger partial charge >= 0.3 is 0 Å². The molecule has 1 unspecified atom stereocenters. The fraction of sp³-hybridized carbons (Fsp3) is 0.227. The van der Waals surface area contributed by atoms with Gasteiger partial charge in [0.2, 0.25) is 5.91 Å². The fourth-order valence-corrected chi connectivity index (χ4v) is 3.54. The van der Waals surface area contributed by atoms with Crippen LogP contribution in [0.15, 0.2) is 72.8 Å². The molecule has 1 fully saturated rings. The van der Waals surface area contributed by atoms with E-state index in [1.807, 2.05) is 30.3 Å². The van der Waals surface area contributed by atoms with Crippen molar-refractivity contribution in [3.63, 3.8) is 0 Å². The number of rotatable bonds is 4. The highest BCUT2D eigenvalue weighted by Crippen LogP contribution is 2.23. The summed E-state index contributed by atoms with van der Waals surface area (Å²) in [6.07, 6.45) is 0.923. The minimum absolute atomic E-state index is 0.0650. The van der Waals surface area contributed by atoms with E-state index in [-0.39, 0.29) is 11.8 Å². The summed E-state index contributed by atoms with van der Waals surface area (Å²) in [5.41, 5.74) is 2.18. The average Bonchev–Trinajstić information content (AvgIpc) is 3.11. The van der Waals surface area contributed by atoms with Gasteiger partial charge in [-0.2, -0.15) is 0 Å². The molecule has 3 aromatic carbocycles. The number of benzene rings is 3. The van der Waals surface area contributed by atoms with Crippen molar-refractivity contribution in [3.8, 4) is 0 Å². The summed E-state index contributed by atoms with van der Waals surface area (Å²) in [7, 11) is 0. The first-order chi connectivity index (χ1) is 12.3. The van der Waals surface area contributed by atoms with Gasteiger partial charge in [0.15, 0.2) is 0 Å².